The fraction of sp³-hybridized carbons (Fsp3) is 1.00. The lowest BCUT2D eigenvalue weighted by Gasteiger charge is -2.39. The Hall–Kier alpha value is -0.0800. The topological polar surface area (TPSA) is 15.3 Å². The van der Waals surface area contributed by atoms with Crippen molar-refractivity contribution in [1.29, 1.82) is 0 Å². The van der Waals surface area contributed by atoms with E-state index in [1.54, 1.807) is 0 Å². The van der Waals surface area contributed by atoms with Gasteiger partial charge in [-0.3, -0.25) is 4.90 Å². The smallest absolute Gasteiger partial charge is 0.0114 e. The molecule has 2 nitrogen and oxygen atoms in total. The van der Waals surface area contributed by atoms with E-state index in [0.29, 0.717) is 0 Å². The van der Waals surface area contributed by atoms with Crippen LogP contribution >= 0.6 is 0 Å². The molecule has 2 fully saturated rings. The van der Waals surface area contributed by atoms with Crippen LogP contribution in [0.2, 0.25) is 0 Å². The van der Waals surface area contributed by atoms with Gasteiger partial charge >= 0.3 is 0 Å². The van der Waals surface area contributed by atoms with Crippen molar-refractivity contribution in [2.45, 2.75) is 77.4 Å². The molecule has 0 aromatic carbocycles. The Bertz CT molecular complexity index is 213. The maximum absolute atomic E-state index is 3.73. The highest BCUT2D eigenvalue weighted by atomic mass is 15.2. The number of hydrogen-bond acceptors (Lipinski definition) is 2. The molecule has 2 saturated heterocycles. The van der Waals surface area contributed by atoms with E-state index < -0.39 is 0 Å². The number of hydrogen-bond donors (Lipinski definition) is 1. The monoisotopic (exact) mass is 238 g/mol. The van der Waals surface area contributed by atoms with Crippen LogP contribution in [-0.4, -0.2) is 36.1 Å². The van der Waals surface area contributed by atoms with E-state index in [-0.39, 0.29) is 0 Å². The molecule has 0 spiro atoms. The average molecular weight is 238 g/mol. The minimum atomic E-state index is 0.808. The molecule has 2 unspecified atom stereocenters. The fourth-order valence-electron chi connectivity index (χ4n) is 3.56. The molecular weight excluding hydrogens is 208 g/mol. The largest absolute Gasteiger partial charge is 0.314 e. The zero-order chi connectivity index (χ0) is 12.3. The van der Waals surface area contributed by atoms with Crippen LogP contribution in [-0.2, 0) is 0 Å². The van der Waals surface area contributed by atoms with E-state index in [4.69, 9.17) is 0 Å². The summed E-state index contributed by atoms with van der Waals surface area (Å²) in [6.07, 6.45) is 8.34. The van der Waals surface area contributed by atoms with Gasteiger partial charge in [0, 0.05) is 18.1 Å². The predicted molar refractivity (Wildman–Crippen MR) is 74.3 cm³/mol. The fourth-order valence-corrected chi connectivity index (χ4v) is 3.56. The molecule has 2 aliphatic heterocycles. The van der Waals surface area contributed by atoms with Gasteiger partial charge in [-0.1, -0.05) is 20.8 Å². The van der Waals surface area contributed by atoms with Crippen molar-refractivity contribution < 1.29 is 0 Å². The van der Waals surface area contributed by atoms with E-state index >= 15 is 0 Å². The highest BCUT2D eigenvalue weighted by Gasteiger charge is 2.39. The molecule has 100 valence electrons. The van der Waals surface area contributed by atoms with Gasteiger partial charge < -0.3 is 5.32 Å². The number of piperidine rings is 1. The van der Waals surface area contributed by atoms with Crippen LogP contribution in [0.25, 0.3) is 0 Å². The molecule has 2 heterocycles. The summed E-state index contributed by atoms with van der Waals surface area (Å²) in [5.74, 6) is 0.852. The lowest BCUT2D eigenvalue weighted by Crippen LogP contribution is -2.49. The van der Waals surface area contributed by atoms with E-state index in [0.717, 1.165) is 24.0 Å². The van der Waals surface area contributed by atoms with Crippen molar-refractivity contribution in [2.24, 2.45) is 5.92 Å². The summed E-state index contributed by atoms with van der Waals surface area (Å²) in [5.41, 5.74) is 0. The number of fused-ring (bicyclic) bond motifs is 2. The second kappa shape index (κ2) is 6.19. The van der Waals surface area contributed by atoms with Crippen LogP contribution in [0.15, 0.2) is 0 Å². The maximum Gasteiger partial charge on any atom is 0.0114 e. The van der Waals surface area contributed by atoms with Gasteiger partial charge in [0.15, 0.2) is 0 Å². The molecule has 2 rings (SSSR count). The lowest BCUT2D eigenvalue weighted by molar-refractivity contribution is 0.111. The van der Waals surface area contributed by atoms with Crippen molar-refractivity contribution in [3.63, 3.8) is 0 Å². The zero-order valence-electron chi connectivity index (χ0n) is 11.9. The molecule has 0 aromatic rings. The zero-order valence-corrected chi connectivity index (χ0v) is 11.9. The van der Waals surface area contributed by atoms with E-state index in [2.05, 4.69) is 31.0 Å². The summed E-state index contributed by atoms with van der Waals surface area (Å²) in [6.45, 7) is 9.50. The van der Waals surface area contributed by atoms with Crippen LogP contribution in [0.5, 0.6) is 0 Å². The van der Waals surface area contributed by atoms with Gasteiger partial charge in [0.2, 0.25) is 0 Å². The van der Waals surface area contributed by atoms with Gasteiger partial charge in [-0.2, -0.15) is 0 Å². The maximum atomic E-state index is 3.73. The summed E-state index contributed by atoms with van der Waals surface area (Å²) >= 11 is 0. The third kappa shape index (κ3) is 3.45. The summed E-state index contributed by atoms with van der Waals surface area (Å²) in [5, 5.41) is 3.73. The van der Waals surface area contributed by atoms with Gasteiger partial charge in [-0.05, 0) is 57.5 Å². The van der Waals surface area contributed by atoms with E-state index in [1.807, 2.05) is 0 Å². The predicted octanol–water partition coefficient (Wildman–Crippen LogP) is 3.03. The highest BCUT2D eigenvalue weighted by molar-refractivity contribution is 4.97. The third-order valence-electron chi connectivity index (χ3n) is 4.53. The van der Waals surface area contributed by atoms with Crippen LogP contribution in [0.4, 0.5) is 0 Å². The standard InChI is InChI=1S/C15H30N2/c1-4-8-16-13-10-14-5-6-15(11-13)17(14)9-7-12(2)3/h12-16H,4-11H2,1-3H3. The molecule has 2 aliphatic rings. The van der Waals surface area contributed by atoms with E-state index in [9.17, 15) is 0 Å². The Morgan fingerprint density at radius 2 is 1.82 bits per heavy atom. The molecule has 0 saturated carbocycles. The molecule has 0 amide bonds. The van der Waals surface area contributed by atoms with Crippen molar-refractivity contribution in [3.8, 4) is 0 Å². The van der Waals surface area contributed by atoms with Gasteiger partial charge in [-0.25, -0.2) is 0 Å². The Morgan fingerprint density at radius 1 is 1.18 bits per heavy atom. The van der Waals surface area contributed by atoms with Gasteiger partial charge in [-0.15, -0.1) is 0 Å². The minimum Gasteiger partial charge on any atom is -0.314 e. The van der Waals surface area contributed by atoms with E-state index in [1.165, 1.54) is 51.6 Å². The minimum absolute atomic E-state index is 0.808. The number of nitrogens with zero attached hydrogens (tertiary/aromatic N) is 1. The summed E-state index contributed by atoms with van der Waals surface area (Å²) in [6, 6.07) is 2.59. The van der Waals surface area contributed by atoms with Crippen molar-refractivity contribution in [3.05, 3.63) is 0 Å². The second-order valence-electron chi connectivity index (χ2n) is 6.43. The SMILES string of the molecule is CCCNC1CC2CCC(C1)N2CCC(C)C. The Kier molecular flexibility index (Phi) is 4.87. The number of rotatable bonds is 6. The Morgan fingerprint density at radius 3 is 2.35 bits per heavy atom. The molecule has 0 aromatic heterocycles. The normalized spacial score (nSPS) is 33.5. The first kappa shape index (κ1) is 13.4. The molecule has 2 atom stereocenters. The van der Waals surface area contributed by atoms with Crippen molar-refractivity contribution >= 4 is 0 Å². The number of nitrogens with one attached hydrogen (secondary N) is 1. The van der Waals surface area contributed by atoms with Gasteiger partial charge in [0.1, 0.15) is 0 Å². The quantitative estimate of drug-likeness (QED) is 0.765. The highest BCUT2D eigenvalue weighted by Crippen LogP contribution is 2.35. The molecule has 1 N–H and O–H groups in total. The molecule has 0 radical (unpaired) electrons. The first-order chi connectivity index (χ1) is 8.20. The van der Waals surface area contributed by atoms with Crippen LogP contribution in [0.1, 0.15) is 59.3 Å². The van der Waals surface area contributed by atoms with Gasteiger partial charge in [0.25, 0.3) is 0 Å². The summed E-state index contributed by atoms with van der Waals surface area (Å²) < 4.78 is 0. The van der Waals surface area contributed by atoms with Crippen molar-refractivity contribution in [1.82, 2.24) is 10.2 Å². The van der Waals surface area contributed by atoms with Crippen LogP contribution < -0.4 is 5.32 Å². The Labute approximate surface area is 107 Å². The molecular formula is C15H30N2. The first-order valence-electron chi connectivity index (χ1n) is 7.69. The second-order valence-corrected chi connectivity index (χ2v) is 6.43. The average Bonchev–Trinajstić information content (AvgIpc) is 2.54. The van der Waals surface area contributed by atoms with Crippen LogP contribution in [0, 0.1) is 5.92 Å². The summed E-state index contributed by atoms with van der Waals surface area (Å²) in [4.78, 5) is 2.82. The van der Waals surface area contributed by atoms with Gasteiger partial charge in [0.05, 0.1) is 0 Å². The molecule has 0 aliphatic carbocycles. The summed E-state index contributed by atoms with van der Waals surface area (Å²) in [7, 11) is 0. The molecule has 2 bridgehead atoms. The third-order valence-corrected chi connectivity index (χ3v) is 4.53. The molecule has 17 heavy (non-hydrogen) atoms. The lowest BCUT2D eigenvalue weighted by atomic mass is 9.96. The van der Waals surface area contributed by atoms with Crippen molar-refractivity contribution in [2.75, 3.05) is 13.1 Å². The first-order valence-corrected chi connectivity index (χ1v) is 7.69. The Balaban J connectivity index is 1.80. The molecule has 2 heteroatoms. The van der Waals surface area contributed by atoms with Crippen LogP contribution in [0.3, 0.4) is 0 Å².